The van der Waals surface area contributed by atoms with Crippen molar-refractivity contribution in [2.45, 2.75) is 13.8 Å². The van der Waals surface area contributed by atoms with E-state index in [1.807, 2.05) is 19.9 Å². The fraction of sp³-hybridized carbons (Fsp3) is 0.333. The minimum absolute atomic E-state index is 0.446. The lowest BCUT2D eigenvalue weighted by atomic mass is 10.5. The standard InChI is InChI=1S/C6H10N4/c1-3-5(2)10-4-6(7)8-9-10/h3-4H,7H2,1-2H3. The highest BCUT2D eigenvalue weighted by Gasteiger charge is 1.94. The molecule has 0 aromatic carbocycles. The molecular formula is C6H10N4. The molecule has 1 aromatic rings. The average Bonchev–Trinajstić information content (AvgIpc) is 2.34. The summed E-state index contributed by atoms with van der Waals surface area (Å²) in [7, 11) is 0. The normalized spacial score (nSPS) is 12.0. The number of rotatable bonds is 1. The summed E-state index contributed by atoms with van der Waals surface area (Å²) in [6.07, 6.45) is 3.61. The van der Waals surface area contributed by atoms with Gasteiger partial charge in [-0.2, -0.15) is 0 Å². The van der Waals surface area contributed by atoms with E-state index in [0.29, 0.717) is 5.82 Å². The van der Waals surface area contributed by atoms with Crippen LogP contribution >= 0.6 is 0 Å². The smallest absolute Gasteiger partial charge is 0.166 e. The maximum absolute atomic E-state index is 5.35. The van der Waals surface area contributed by atoms with E-state index < -0.39 is 0 Å². The van der Waals surface area contributed by atoms with Crippen molar-refractivity contribution in [1.82, 2.24) is 15.0 Å². The van der Waals surface area contributed by atoms with Crippen LogP contribution in [0.15, 0.2) is 12.3 Å². The average molecular weight is 138 g/mol. The van der Waals surface area contributed by atoms with Crippen LogP contribution in [0.3, 0.4) is 0 Å². The van der Waals surface area contributed by atoms with Crippen molar-refractivity contribution < 1.29 is 0 Å². The maximum atomic E-state index is 5.35. The monoisotopic (exact) mass is 138 g/mol. The summed E-state index contributed by atoms with van der Waals surface area (Å²) in [5.41, 5.74) is 6.37. The van der Waals surface area contributed by atoms with Crippen LogP contribution in [0.2, 0.25) is 0 Å². The molecule has 4 heteroatoms. The summed E-state index contributed by atoms with van der Waals surface area (Å²) in [6, 6.07) is 0. The van der Waals surface area contributed by atoms with E-state index in [1.54, 1.807) is 10.9 Å². The Hall–Kier alpha value is -1.32. The van der Waals surface area contributed by atoms with E-state index in [2.05, 4.69) is 10.3 Å². The summed E-state index contributed by atoms with van der Waals surface area (Å²) in [6.45, 7) is 3.88. The number of allylic oxidation sites excluding steroid dienone is 2. The highest BCUT2D eigenvalue weighted by Crippen LogP contribution is 2.01. The Balaban J connectivity index is 2.95. The van der Waals surface area contributed by atoms with Crippen molar-refractivity contribution >= 4 is 11.5 Å². The second kappa shape index (κ2) is 2.51. The van der Waals surface area contributed by atoms with Crippen molar-refractivity contribution in [3.8, 4) is 0 Å². The van der Waals surface area contributed by atoms with E-state index >= 15 is 0 Å². The van der Waals surface area contributed by atoms with Crippen molar-refractivity contribution in [3.05, 3.63) is 12.3 Å². The van der Waals surface area contributed by atoms with Crippen LogP contribution in [-0.2, 0) is 0 Å². The second-order valence-electron chi connectivity index (χ2n) is 2.02. The zero-order chi connectivity index (χ0) is 7.56. The lowest BCUT2D eigenvalue weighted by molar-refractivity contribution is 0.814. The summed E-state index contributed by atoms with van der Waals surface area (Å²) in [4.78, 5) is 0. The Morgan fingerprint density at radius 1 is 1.80 bits per heavy atom. The molecule has 4 nitrogen and oxygen atoms in total. The van der Waals surface area contributed by atoms with Crippen LogP contribution in [-0.4, -0.2) is 15.0 Å². The van der Waals surface area contributed by atoms with Crippen LogP contribution in [0.4, 0.5) is 5.82 Å². The third-order valence-corrected chi connectivity index (χ3v) is 1.29. The van der Waals surface area contributed by atoms with Crippen LogP contribution in [0.5, 0.6) is 0 Å². The molecule has 1 heterocycles. The summed E-state index contributed by atoms with van der Waals surface area (Å²) >= 11 is 0. The van der Waals surface area contributed by atoms with Crippen molar-refractivity contribution in [3.63, 3.8) is 0 Å². The van der Waals surface area contributed by atoms with Gasteiger partial charge in [-0.05, 0) is 13.8 Å². The molecule has 1 aromatic heterocycles. The van der Waals surface area contributed by atoms with Gasteiger partial charge in [0.1, 0.15) is 0 Å². The molecule has 0 saturated heterocycles. The third-order valence-electron chi connectivity index (χ3n) is 1.29. The molecule has 0 saturated carbocycles. The van der Waals surface area contributed by atoms with Gasteiger partial charge in [-0.1, -0.05) is 11.3 Å². The van der Waals surface area contributed by atoms with E-state index in [-0.39, 0.29) is 0 Å². The molecule has 0 aliphatic carbocycles. The molecule has 2 N–H and O–H groups in total. The Morgan fingerprint density at radius 2 is 2.50 bits per heavy atom. The predicted octanol–water partition coefficient (Wildman–Crippen LogP) is 0.741. The highest BCUT2D eigenvalue weighted by molar-refractivity contribution is 5.41. The molecule has 54 valence electrons. The largest absolute Gasteiger partial charge is 0.381 e. The topological polar surface area (TPSA) is 56.7 Å². The zero-order valence-electron chi connectivity index (χ0n) is 6.07. The number of nitrogens with zero attached hydrogens (tertiary/aromatic N) is 3. The first-order valence-electron chi connectivity index (χ1n) is 3.05. The molecule has 0 atom stereocenters. The molecule has 0 aliphatic heterocycles. The summed E-state index contributed by atoms with van der Waals surface area (Å²) in [5.74, 6) is 0.446. The number of nitrogen functional groups attached to an aromatic ring is 1. The minimum atomic E-state index is 0.446. The van der Waals surface area contributed by atoms with Gasteiger partial charge in [0.25, 0.3) is 0 Å². The zero-order valence-corrected chi connectivity index (χ0v) is 6.07. The van der Waals surface area contributed by atoms with E-state index in [4.69, 9.17) is 5.73 Å². The molecule has 10 heavy (non-hydrogen) atoms. The highest BCUT2D eigenvalue weighted by atomic mass is 15.4. The lowest BCUT2D eigenvalue weighted by Crippen LogP contribution is -1.92. The summed E-state index contributed by atoms with van der Waals surface area (Å²) in [5, 5.41) is 7.40. The van der Waals surface area contributed by atoms with Gasteiger partial charge in [0, 0.05) is 5.70 Å². The van der Waals surface area contributed by atoms with Gasteiger partial charge < -0.3 is 5.73 Å². The Bertz CT molecular complexity index is 248. The minimum Gasteiger partial charge on any atom is -0.381 e. The van der Waals surface area contributed by atoms with Crippen LogP contribution in [0.1, 0.15) is 13.8 Å². The van der Waals surface area contributed by atoms with Crippen LogP contribution in [0, 0.1) is 0 Å². The van der Waals surface area contributed by atoms with E-state index in [0.717, 1.165) is 5.70 Å². The molecule has 1 rings (SSSR count). The second-order valence-corrected chi connectivity index (χ2v) is 2.02. The number of hydrogen-bond acceptors (Lipinski definition) is 3. The van der Waals surface area contributed by atoms with Gasteiger partial charge in [0.15, 0.2) is 5.82 Å². The molecule has 0 amide bonds. The molecule has 0 spiro atoms. The first-order valence-corrected chi connectivity index (χ1v) is 3.05. The van der Waals surface area contributed by atoms with Gasteiger partial charge in [0.05, 0.1) is 6.20 Å². The van der Waals surface area contributed by atoms with Gasteiger partial charge >= 0.3 is 0 Å². The molecule has 0 fully saturated rings. The number of anilines is 1. The third kappa shape index (κ3) is 1.15. The maximum Gasteiger partial charge on any atom is 0.166 e. The van der Waals surface area contributed by atoms with Gasteiger partial charge in [-0.15, -0.1) is 5.10 Å². The molecule has 0 radical (unpaired) electrons. The van der Waals surface area contributed by atoms with Crippen molar-refractivity contribution in [1.29, 1.82) is 0 Å². The Kier molecular flexibility index (Phi) is 1.71. The SMILES string of the molecule is CC=C(C)n1cc(N)nn1. The molecule has 0 bridgehead atoms. The van der Waals surface area contributed by atoms with E-state index in [1.165, 1.54) is 0 Å². The fourth-order valence-electron chi connectivity index (χ4n) is 0.581. The first-order chi connectivity index (χ1) is 4.74. The molecule has 0 unspecified atom stereocenters. The quantitative estimate of drug-likeness (QED) is 0.622. The molecular weight excluding hydrogens is 128 g/mol. The van der Waals surface area contributed by atoms with Gasteiger partial charge in [-0.3, -0.25) is 0 Å². The number of aromatic nitrogens is 3. The van der Waals surface area contributed by atoms with Gasteiger partial charge in [-0.25, -0.2) is 4.68 Å². The molecule has 0 aliphatic rings. The number of nitrogens with two attached hydrogens (primary N) is 1. The Morgan fingerprint density at radius 3 is 2.90 bits per heavy atom. The summed E-state index contributed by atoms with van der Waals surface area (Å²) < 4.78 is 1.63. The number of hydrogen-bond donors (Lipinski definition) is 1. The fourth-order valence-corrected chi connectivity index (χ4v) is 0.581. The first kappa shape index (κ1) is 6.80. The van der Waals surface area contributed by atoms with Crippen molar-refractivity contribution in [2.24, 2.45) is 0 Å². The Labute approximate surface area is 59.3 Å². The lowest BCUT2D eigenvalue weighted by Gasteiger charge is -1.94. The predicted molar refractivity (Wildman–Crippen MR) is 40.1 cm³/mol. The van der Waals surface area contributed by atoms with Gasteiger partial charge in [0.2, 0.25) is 0 Å². The van der Waals surface area contributed by atoms with Crippen LogP contribution < -0.4 is 5.73 Å². The van der Waals surface area contributed by atoms with Crippen molar-refractivity contribution in [2.75, 3.05) is 5.73 Å². The van der Waals surface area contributed by atoms with E-state index in [9.17, 15) is 0 Å². The van der Waals surface area contributed by atoms with Crippen LogP contribution in [0.25, 0.3) is 5.70 Å².